The molecular weight excluding hydrogens is 486 g/mol. The molecule has 0 aromatic heterocycles. The van der Waals surface area contributed by atoms with Gasteiger partial charge in [-0.05, 0) is 46.9 Å². The van der Waals surface area contributed by atoms with Crippen molar-refractivity contribution in [2.24, 2.45) is 0 Å². The molecule has 1 aliphatic rings. The SMILES string of the molecule is CC(C)c1ccc(N(CC(=O)NCc2ccc(CN3CCOCC3)cc2)S(=O)(=O)c2ccccc2)cc1. The van der Waals surface area contributed by atoms with Crippen molar-refractivity contribution in [3.05, 3.63) is 95.6 Å². The van der Waals surface area contributed by atoms with Crippen molar-refractivity contribution in [2.45, 2.75) is 37.8 Å². The van der Waals surface area contributed by atoms with E-state index in [1.165, 1.54) is 9.87 Å². The van der Waals surface area contributed by atoms with Crippen molar-refractivity contribution in [2.75, 3.05) is 37.2 Å². The van der Waals surface area contributed by atoms with Crippen LogP contribution in [0, 0.1) is 0 Å². The number of nitrogens with zero attached hydrogens (tertiary/aromatic N) is 2. The number of anilines is 1. The fourth-order valence-electron chi connectivity index (χ4n) is 4.23. The van der Waals surface area contributed by atoms with E-state index in [0.29, 0.717) is 18.2 Å². The van der Waals surface area contributed by atoms with Crippen LogP contribution in [-0.4, -0.2) is 52.1 Å². The van der Waals surface area contributed by atoms with Gasteiger partial charge >= 0.3 is 0 Å². The Kier molecular flexibility index (Phi) is 8.97. The number of morpholine rings is 1. The van der Waals surface area contributed by atoms with Crippen molar-refractivity contribution in [1.29, 1.82) is 0 Å². The number of amides is 1. The normalized spacial score (nSPS) is 14.5. The number of nitrogens with one attached hydrogen (secondary N) is 1. The van der Waals surface area contributed by atoms with Crippen LogP contribution in [0.5, 0.6) is 0 Å². The number of hydrogen-bond donors (Lipinski definition) is 1. The first-order valence-electron chi connectivity index (χ1n) is 12.7. The molecule has 0 atom stereocenters. The van der Waals surface area contributed by atoms with Crippen LogP contribution in [-0.2, 0) is 32.6 Å². The first-order chi connectivity index (χ1) is 17.8. The maximum absolute atomic E-state index is 13.5. The Morgan fingerprint density at radius 3 is 2.16 bits per heavy atom. The number of ether oxygens (including phenoxy) is 1. The Morgan fingerprint density at radius 2 is 1.54 bits per heavy atom. The summed E-state index contributed by atoms with van der Waals surface area (Å²) in [5.74, 6) is -0.0541. The van der Waals surface area contributed by atoms with Crippen LogP contribution in [0.1, 0.15) is 36.5 Å². The van der Waals surface area contributed by atoms with E-state index in [9.17, 15) is 13.2 Å². The highest BCUT2D eigenvalue weighted by molar-refractivity contribution is 7.92. The first kappa shape index (κ1) is 26.9. The molecule has 1 N–H and O–H groups in total. The molecule has 0 aliphatic carbocycles. The third kappa shape index (κ3) is 7.19. The molecule has 37 heavy (non-hydrogen) atoms. The van der Waals surface area contributed by atoms with Crippen molar-refractivity contribution in [1.82, 2.24) is 10.2 Å². The lowest BCUT2D eigenvalue weighted by molar-refractivity contribution is -0.119. The van der Waals surface area contributed by atoms with Crippen molar-refractivity contribution < 1.29 is 17.9 Å². The molecule has 0 saturated carbocycles. The molecule has 4 rings (SSSR count). The predicted octanol–water partition coefficient (Wildman–Crippen LogP) is 4.15. The quantitative estimate of drug-likeness (QED) is 0.434. The molecule has 196 valence electrons. The summed E-state index contributed by atoms with van der Waals surface area (Å²) in [5.41, 5.74) is 3.72. The smallest absolute Gasteiger partial charge is 0.264 e. The van der Waals surface area contributed by atoms with Gasteiger partial charge in [-0.1, -0.05) is 68.4 Å². The predicted molar refractivity (Wildman–Crippen MR) is 146 cm³/mol. The molecule has 1 heterocycles. The van der Waals surface area contributed by atoms with E-state index in [1.807, 2.05) is 24.3 Å². The summed E-state index contributed by atoms with van der Waals surface area (Å²) < 4.78 is 33.6. The minimum absolute atomic E-state index is 0.145. The van der Waals surface area contributed by atoms with Gasteiger partial charge in [0.05, 0.1) is 23.8 Å². The first-order valence-corrected chi connectivity index (χ1v) is 14.1. The molecule has 3 aromatic rings. The molecule has 7 nitrogen and oxygen atoms in total. The molecule has 0 bridgehead atoms. The summed E-state index contributed by atoms with van der Waals surface area (Å²) in [6.07, 6.45) is 0. The van der Waals surface area contributed by atoms with Gasteiger partial charge < -0.3 is 10.1 Å². The number of rotatable bonds is 10. The fourth-order valence-corrected chi connectivity index (χ4v) is 5.67. The van der Waals surface area contributed by atoms with Gasteiger partial charge in [0.2, 0.25) is 5.91 Å². The largest absolute Gasteiger partial charge is 0.379 e. The Balaban J connectivity index is 1.43. The Bertz CT molecular complexity index is 1250. The topological polar surface area (TPSA) is 79.0 Å². The Morgan fingerprint density at radius 1 is 0.919 bits per heavy atom. The number of benzene rings is 3. The maximum atomic E-state index is 13.5. The summed E-state index contributed by atoms with van der Waals surface area (Å²) in [7, 11) is -3.93. The minimum Gasteiger partial charge on any atom is -0.379 e. The van der Waals surface area contributed by atoms with Crippen LogP contribution in [0.2, 0.25) is 0 Å². The lowest BCUT2D eigenvalue weighted by atomic mass is 10.0. The highest BCUT2D eigenvalue weighted by Crippen LogP contribution is 2.25. The molecule has 1 saturated heterocycles. The van der Waals surface area contributed by atoms with Gasteiger partial charge in [0, 0.05) is 26.2 Å². The Hall–Kier alpha value is -3.20. The summed E-state index contributed by atoms with van der Waals surface area (Å²) >= 11 is 0. The molecule has 8 heteroatoms. The van der Waals surface area contributed by atoms with Gasteiger partial charge in [0.25, 0.3) is 10.0 Å². The molecule has 0 radical (unpaired) electrons. The molecule has 0 spiro atoms. The van der Waals surface area contributed by atoms with Gasteiger partial charge in [-0.25, -0.2) is 8.42 Å². The van der Waals surface area contributed by atoms with Gasteiger partial charge in [-0.3, -0.25) is 14.0 Å². The zero-order chi connectivity index (χ0) is 26.3. The highest BCUT2D eigenvalue weighted by Gasteiger charge is 2.27. The number of hydrogen-bond acceptors (Lipinski definition) is 5. The molecule has 3 aromatic carbocycles. The van der Waals surface area contributed by atoms with Crippen LogP contribution in [0.15, 0.2) is 83.8 Å². The number of carbonyl (C=O) groups excluding carboxylic acids is 1. The number of carbonyl (C=O) groups is 1. The van der Waals surface area contributed by atoms with E-state index in [4.69, 9.17) is 4.74 Å². The summed E-state index contributed by atoms with van der Waals surface area (Å²) in [5, 5.41) is 2.88. The van der Waals surface area contributed by atoms with E-state index in [2.05, 4.69) is 36.2 Å². The summed E-state index contributed by atoms with van der Waals surface area (Å²) in [6.45, 7) is 8.44. The van der Waals surface area contributed by atoms with Gasteiger partial charge in [0.1, 0.15) is 6.54 Å². The monoisotopic (exact) mass is 521 g/mol. The molecular formula is C29H35N3O4S. The van der Waals surface area contributed by atoms with E-state index in [0.717, 1.165) is 44.0 Å². The zero-order valence-electron chi connectivity index (χ0n) is 21.5. The van der Waals surface area contributed by atoms with E-state index < -0.39 is 10.0 Å². The van der Waals surface area contributed by atoms with Crippen LogP contribution in [0.25, 0.3) is 0 Å². The van der Waals surface area contributed by atoms with E-state index in [1.54, 1.807) is 42.5 Å². The summed E-state index contributed by atoms with van der Waals surface area (Å²) in [6, 6.07) is 23.7. The Labute approximate surface area is 220 Å². The van der Waals surface area contributed by atoms with Crippen molar-refractivity contribution in [3.63, 3.8) is 0 Å². The second-order valence-corrected chi connectivity index (χ2v) is 11.4. The average Bonchev–Trinajstić information content (AvgIpc) is 2.92. The molecule has 1 fully saturated rings. The average molecular weight is 522 g/mol. The third-order valence-electron chi connectivity index (χ3n) is 6.49. The van der Waals surface area contributed by atoms with Crippen LogP contribution >= 0.6 is 0 Å². The van der Waals surface area contributed by atoms with Crippen LogP contribution in [0.3, 0.4) is 0 Å². The molecule has 0 unspecified atom stereocenters. The fraction of sp³-hybridized carbons (Fsp3) is 0.345. The molecule has 1 aliphatic heterocycles. The van der Waals surface area contributed by atoms with E-state index >= 15 is 0 Å². The van der Waals surface area contributed by atoms with Gasteiger partial charge in [-0.2, -0.15) is 0 Å². The lowest BCUT2D eigenvalue weighted by Gasteiger charge is -2.26. The van der Waals surface area contributed by atoms with Gasteiger partial charge in [-0.15, -0.1) is 0 Å². The van der Waals surface area contributed by atoms with Crippen LogP contribution in [0.4, 0.5) is 5.69 Å². The summed E-state index contributed by atoms with van der Waals surface area (Å²) in [4.78, 5) is 15.4. The number of sulfonamides is 1. The standard InChI is InChI=1S/C29H35N3O4S/c1-23(2)26-12-14-27(15-13-26)32(37(34,35)28-6-4-3-5-7-28)22-29(33)30-20-24-8-10-25(11-9-24)21-31-16-18-36-19-17-31/h3-15,23H,16-22H2,1-2H3,(H,30,33). The van der Waals surface area contributed by atoms with Crippen molar-refractivity contribution in [3.8, 4) is 0 Å². The van der Waals surface area contributed by atoms with E-state index in [-0.39, 0.29) is 17.3 Å². The lowest BCUT2D eigenvalue weighted by Crippen LogP contribution is -2.40. The van der Waals surface area contributed by atoms with Crippen molar-refractivity contribution >= 4 is 21.6 Å². The second kappa shape index (κ2) is 12.4. The zero-order valence-corrected chi connectivity index (χ0v) is 22.3. The minimum atomic E-state index is -3.93. The van der Waals surface area contributed by atoms with Crippen LogP contribution < -0.4 is 9.62 Å². The third-order valence-corrected chi connectivity index (χ3v) is 8.28. The highest BCUT2D eigenvalue weighted by atomic mass is 32.2. The van der Waals surface area contributed by atoms with Gasteiger partial charge in [0.15, 0.2) is 0 Å². The molecule has 1 amide bonds. The maximum Gasteiger partial charge on any atom is 0.264 e. The second-order valence-electron chi connectivity index (χ2n) is 9.55.